The molecule has 0 aliphatic rings. The Morgan fingerprint density at radius 1 is 1.24 bits per heavy atom. The summed E-state index contributed by atoms with van der Waals surface area (Å²) in [5.41, 5.74) is 2.04. The van der Waals surface area contributed by atoms with Crippen molar-refractivity contribution in [3.05, 3.63) is 64.0 Å². The normalized spacial score (nSPS) is 10.5. The molecule has 0 unspecified atom stereocenters. The van der Waals surface area contributed by atoms with E-state index in [2.05, 4.69) is 15.6 Å². The molecule has 0 aliphatic carbocycles. The number of nitrogens with zero attached hydrogens (tertiary/aromatic N) is 1. The maximum absolute atomic E-state index is 12.2. The van der Waals surface area contributed by atoms with Crippen molar-refractivity contribution in [1.82, 2.24) is 4.98 Å². The summed E-state index contributed by atoms with van der Waals surface area (Å²) < 4.78 is 5.02. The number of benzene rings is 1. The van der Waals surface area contributed by atoms with Gasteiger partial charge < -0.3 is 9.73 Å². The predicted octanol–water partition coefficient (Wildman–Crippen LogP) is 4.13. The van der Waals surface area contributed by atoms with E-state index < -0.39 is 0 Å². The Balaban J connectivity index is 1.60. The highest BCUT2D eigenvalue weighted by molar-refractivity contribution is 7.14. The van der Waals surface area contributed by atoms with E-state index in [-0.39, 0.29) is 24.0 Å². The number of rotatable bonds is 5. The van der Waals surface area contributed by atoms with Crippen LogP contribution in [0.25, 0.3) is 0 Å². The van der Waals surface area contributed by atoms with Crippen molar-refractivity contribution in [2.75, 3.05) is 10.6 Å². The summed E-state index contributed by atoms with van der Waals surface area (Å²) in [7, 11) is 0. The Morgan fingerprint density at radius 3 is 2.84 bits per heavy atom. The number of carbonyl (C=O) groups excluding carboxylic acids is 2. The summed E-state index contributed by atoms with van der Waals surface area (Å²) in [6.07, 6.45) is 1.52. The number of amides is 2. The maximum Gasteiger partial charge on any atom is 0.293 e. The molecule has 128 valence electrons. The standard InChI is InChI=1S/C17H14ClN3O3S/c1-10-12(18)4-2-5-13(10)20-15(22)8-11-9-25-17(19-11)21-16(23)14-6-3-7-24-14/h2-7,9H,8H2,1H3,(H,20,22)(H,19,21,23). The molecule has 3 rings (SSSR count). The first-order chi connectivity index (χ1) is 12.0. The van der Waals surface area contributed by atoms with E-state index in [1.54, 1.807) is 35.7 Å². The van der Waals surface area contributed by atoms with E-state index in [1.165, 1.54) is 17.6 Å². The molecule has 6 nitrogen and oxygen atoms in total. The van der Waals surface area contributed by atoms with Gasteiger partial charge in [-0.1, -0.05) is 17.7 Å². The molecule has 3 aromatic rings. The van der Waals surface area contributed by atoms with E-state index in [0.717, 1.165) is 5.56 Å². The summed E-state index contributed by atoms with van der Waals surface area (Å²) in [6, 6.07) is 8.52. The van der Waals surface area contributed by atoms with Gasteiger partial charge in [-0.25, -0.2) is 4.98 Å². The number of thiazole rings is 1. The van der Waals surface area contributed by atoms with Crippen LogP contribution in [-0.4, -0.2) is 16.8 Å². The van der Waals surface area contributed by atoms with Gasteiger partial charge in [0.05, 0.1) is 18.4 Å². The van der Waals surface area contributed by atoms with Crippen molar-refractivity contribution < 1.29 is 14.0 Å². The highest BCUT2D eigenvalue weighted by Gasteiger charge is 2.13. The Kier molecular flexibility index (Phi) is 5.16. The minimum Gasteiger partial charge on any atom is -0.459 e. The average Bonchev–Trinajstić information content (AvgIpc) is 3.24. The van der Waals surface area contributed by atoms with Crippen molar-refractivity contribution >= 4 is 45.6 Å². The van der Waals surface area contributed by atoms with Crippen molar-refractivity contribution in [1.29, 1.82) is 0 Å². The fourth-order valence-electron chi connectivity index (χ4n) is 2.11. The highest BCUT2D eigenvalue weighted by Crippen LogP contribution is 2.23. The molecule has 0 atom stereocenters. The predicted molar refractivity (Wildman–Crippen MR) is 97.3 cm³/mol. The van der Waals surface area contributed by atoms with Gasteiger partial charge in [0.15, 0.2) is 10.9 Å². The molecule has 0 fully saturated rings. The van der Waals surface area contributed by atoms with E-state index in [4.69, 9.17) is 16.0 Å². The lowest BCUT2D eigenvalue weighted by Gasteiger charge is -2.08. The van der Waals surface area contributed by atoms with Crippen molar-refractivity contribution in [2.45, 2.75) is 13.3 Å². The van der Waals surface area contributed by atoms with Gasteiger partial charge in [-0.05, 0) is 36.8 Å². The second kappa shape index (κ2) is 7.50. The zero-order valence-corrected chi connectivity index (χ0v) is 14.8. The molecule has 0 radical (unpaired) electrons. The van der Waals surface area contributed by atoms with Gasteiger partial charge in [0.25, 0.3) is 5.91 Å². The summed E-state index contributed by atoms with van der Waals surface area (Å²) in [4.78, 5) is 28.3. The molecule has 2 N–H and O–H groups in total. The van der Waals surface area contributed by atoms with E-state index in [0.29, 0.717) is 21.5 Å². The number of hydrogen-bond acceptors (Lipinski definition) is 5. The second-order valence-electron chi connectivity index (χ2n) is 5.21. The Morgan fingerprint density at radius 2 is 2.08 bits per heavy atom. The molecule has 2 aromatic heterocycles. The summed E-state index contributed by atoms with van der Waals surface area (Å²) in [5.74, 6) is -0.393. The Bertz CT molecular complexity index is 906. The SMILES string of the molecule is Cc1c(Cl)cccc1NC(=O)Cc1csc(NC(=O)c2ccco2)n1. The fraction of sp³-hybridized carbons (Fsp3) is 0.118. The third-order valence-corrected chi connectivity index (χ3v) is 4.62. The molecule has 2 heterocycles. The third-order valence-electron chi connectivity index (χ3n) is 3.40. The van der Waals surface area contributed by atoms with Crippen LogP contribution in [0.5, 0.6) is 0 Å². The van der Waals surface area contributed by atoms with Gasteiger partial charge in [-0.2, -0.15) is 0 Å². The number of nitrogens with one attached hydrogen (secondary N) is 2. The molecule has 0 spiro atoms. The van der Waals surface area contributed by atoms with Crippen molar-refractivity contribution in [2.24, 2.45) is 0 Å². The lowest BCUT2D eigenvalue weighted by Crippen LogP contribution is -2.15. The van der Waals surface area contributed by atoms with Crippen LogP contribution in [0, 0.1) is 6.92 Å². The molecule has 0 saturated heterocycles. The number of anilines is 2. The van der Waals surface area contributed by atoms with E-state index >= 15 is 0 Å². The van der Waals surface area contributed by atoms with Crippen LogP contribution < -0.4 is 10.6 Å². The van der Waals surface area contributed by atoms with Gasteiger partial charge in [0, 0.05) is 16.1 Å². The molecule has 0 bridgehead atoms. The maximum atomic E-state index is 12.2. The van der Waals surface area contributed by atoms with Crippen molar-refractivity contribution in [3.63, 3.8) is 0 Å². The quantitative estimate of drug-likeness (QED) is 0.702. The van der Waals surface area contributed by atoms with Crippen LogP contribution in [0.2, 0.25) is 5.02 Å². The topological polar surface area (TPSA) is 84.2 Å². The molecular weight excluding hydrogens is 362 g/mol. The van der Waals surface area contributed by atoms with E-state index in [1.807, 2.05) is 6.92 Å². The molecule has 8 heteroatoms. The van der Waals surface area contributed by atoms with Crippen LogP contribution in [0.4, 0.5) is 10.8 Å². The smallest absolute Gasteiger partial charge is 0.293 e. The first-order valence-electron chi connectivity index (χ1n) is 7.37. The molecule has 1 aromatic carbocycles. The average molecular weight is 376 g/mol. The summed E-state index contributed by atoms with van der Waals surface area (Å²) in [5, 5.41) is 8.16. The fourth-order valence-corrected chi connectivity index (χ4v) is 2.99. The largest absolute Gasteiger partial charge is 0.459 e. The minimum absolute atomic E-state index is 0.0963. The monoisotopic (exact) mass is 375 g/mol. The number of halogens is 1. The lowest BCUT2D eigenvalue weighted by molar-refractivity contribution is -0.115. The van der Waals surface area contributed by atoms with Crippen LogP contribution in [0.3, 0.4) is 0 Å². The molecule has 0 saturated carbocycles. The molecule has 0 aliphatic heterocycles. The minimum atomic E-state index is -0.384. The third kappa shape index (κ3) is 4.26. The number of carbonyl (C=O) groups is 2. The van der Waals surface area contributed by atoms with Gasteiger partial charge in [0.1, 0.15) is 0 Å². The van der Waals surface area contributed by atoms with Gasteiger partial charge in [-0.3, -0.25) is 14.9 Å². The Hall–Kier alpha value is -2.64. The number of hydrogen-bond donors (Lipinski definition) is 2. The van der Waals surface area contributed by atoms with Gasteiger partial charge >= 0.3 is 0 Å². The zero-order chi connectivity index (χ0) is 17.8. The second-order valence-corrected chi connectivity index (χ2v) is 6.48. The first kappa shape index (κ1) is 17.2. The molecule has 25 heavy (non-hydrogen) atoms. The lowest BCUT2D eigenvalue weighted by atomic mass is 10.2. The van der Waals surface area contributed by atoms with Gasteiger partial charge in [-0.15, -0.1) is 11.3 Å². The van der Waals surface area contributed by atoms with Crippen LogP contribution in [0.1, 0.15) is 21.8 Å². The van der Waals surface area contributed by atoms with Gasteiger partial charge in [0.2, 0.25) is 5.91 Å². The van der Waals surface area contributed by atoms with E-state index in [9.17, 15) is 9.59 Å². The van der Waals surface area contributed by atoms with Crippen LogP contribution in [-0.2, 0) is 11.2 Å². The number of aromatic nitrogens is 1. The zero-order valence-electron chi connectivity index (χ0n) is 13.2. The Labute approximate surface area is 152 Å². The number of furan rings is 1. The van der Waals surface area contributed by atoms with Crippen molar-refractivity contribution in [3.8, 4) is 0 Å². The first-order valence-corrected chi connectivity index (χ1v) is 8.63. The van der Waals surface area contributed by atoms with Crippen LogP contribution >= 0.6 is 22.9 Å². The molecule has 2 amide bonds. The summed E-state index contributed by atoms with van der Waals surface area (Å²) in [6.45, 7) is 1.84. The van der Waals surface area contributed by atoms with Crippen LogP contribution in [0.15, 0.2) is 46.4 Å². The molecular formula is C17H14ClN3O3S. The highest BCUT2D eigenvalue weighted by atomic mass is 35.5. The summed E-state index contributed by atoms with van der Waals surface area (Å²) >= 11 is 7.28.